The normalized spacial score (nSPS) is 21.1. The van der Waals surface area contributed by atoms with Crippen molar-refractivity contribution in [1.82, 2.24) is 20.1 Å². The minimum Gasteiger partial charge on any atom is -0.477 e. The van der Waals surface area contributed by atoms with Gasteiger partial charge >= 0.3 is 11.9 Å². The number of aliphatic carboxylic acids is 1. The molecule has 5 atom stereocenters. The van der Waals surface area contributed by atoms with Crippen molar-refractivity contribution in [2.24, 2.45) is 5.73 Å². The summed E-state index contributed by atoms with van der Waals surface area (Å²) in [5.41, 5.74) is 7.60. The topological polar surface area (TPSA) is 233 Å². The fourth-order valence-electron chi connectivity index (χ4n) is 6.71. The molecular formula is C37H38N6O10S. The van der Waals surface area contributed by atoms with E-state index in [1.807, 2.05) is 0 Å². The molecule has 2 saturated heterocycles. The number of benzene rings is 2. The van der Waals surface area contributed by atoms with Crippen molar-refractivity contribution >= 4 is 53.0 Å². The van der Waals surface area contributed by atoms with E-state index in [1.165, 1.54) is 36.6 Å². The Balaban J connectivity index is 1.26. The first-order valence-electron chi connectivity index (χ1n) is 17.0. The van der Waals surface area contributed by atoms with Crippen molar-refractivity contribution in [3.05, 3.63) is 99.5 Å². The van der Waals surface area contributed by atoms with Crippen LogP contribution in [-0.4, -0.2) is 103 Å². The summed E-state index contributed by atoms with van der Waals surface area (Å²) in [4.78, 5) is 96.8. The Hall–Kier alpha value is -5.62. The number of rotatable bonds is 11. The molecule has 3 unspecified atom stereocenters. The first-order valence-corrected chi connectivity index (χ1v) is 18.0. The molecule has 0 bridgehead atoms. The van der Waals surface area contributed by atoms with Crippen LogP contribution in [0.1, 0.15) is 37.4 Å². The number of H-pyrrole nitrogens is 1. The van der Waals surface area contributed by atoms with Gasteiger partial charge in [0.15, 0.2) is 0 Å². The van der Waals surface area contributed by atoms with Crippen LogP contribution in [0.4, 0.5) is 5.69 Å². The third-order valence-corrected chi connectivity index (χ3v) is 10.7. The van der Waals surface area contributed by atoms with Crippen LogP contribution in [0.2, 0.25) is 0 Å². The molecule has 0 spiro atoms. The second-order valence-electron chi connectivity index (χ2n) is 13.1. The average Bonchev–Trinajstić information content (AvgIpc) is 3.60. The van der Waals surface area contributed by atoms with Crippen LogP contribution < -0.4 is 21.5 Å². The average molecular weight is 759 g/mol. The van der Waals surface area contributed by atoms with Crippen molar-refractivity contribution < 1.29 is 43.7 Å². The number of carbonyl (C=O) groups excluding carboxylic acids is 5. The number of aromatic amines is 1. The van der Waals surface area contributed by atoms with E-state index in [9.17, 15) is 43.8 Å². The van der Waals surface area contributed by atoms with Crippen molar-refractivity contribution in [3.8, 4) is 11.3 Å². The Morgan fingerprint density at radius 1 is 1.02 bits per heavy atom. The maximum atomic E-state index is 14.1. The molecule has 6 rings (SSSR count). The number of ether oxygens (including phenoxy) is 1. The summed E-state index contributed by atoms with van der Waals surface area (Å²) < 4.78 is 5.02. The molecule has 6 N–H and O–H groups in total. The number of amides is 4. The number of nitrogens with zero attached hydrogens (tertiary/aromatic N) is 3. The highest BCUT2D eigenvalue weighted by Gasteiger charge is 2.57. The predicted octanol–water partition coefficient (Wildman–Crippen LogP) is 0.858. The van der Waals surface area contributed by atoms with Gasteiger partial charge in [-0.15, -0.1) is 11.8 Å². The van der Waals surface area contributed by atoms with Gasteiger partial charge in [-0.05, 0) is 41.8 Å². The van der Waals surface area contributed by atoms with Gasteiger partial charge in [-0.1, -0.05) is 42.5 Å². The van der Waals surface area contributed by atoms with E-state index in [-0.39, 0.29) is 48.7 Å². The molecule has 1 aromatic heterocycles. The van der Waals surface area contributed by atoms with Crippen molar-refractivity contribution in [3.63, 3.8) is 0 Å². The van der Waals surface area contributed by atoms with Gasteiger partial charge in [0, 0.05) is 43.0 Å². The lowest BCUT2D eigenvalue weighted by atomic mass is 9.98. The zero-order valence-electron chi connectivity index (χ0n) is 29.3. The molecule has 2 aromatic carbocycles. The summed E-state index contributed by atoms with van der Waals surface area (Å²) in [6.45, 7) is 2.05. The molecule has 16 nitrogen and oxygen atoms in total. The lowest BCUT2D eigenvalue weighted by Gasteiger charge is -2.53. The molecular weight excluding hydrogens is 721 g/mol. The minimum atomic E-state index is -1.39. The number of β-amino-alcohol motifs (C(OH)–C–C–N with tert-alkyl or cyclic N) is 1. The molecule has 2 fully saturated rings. The van der Waals surface area contributed by atoms with Crippen LogP contribution in [-0.2, 0) is 40.0 Å². The number of aliphatic hydroxyl groups is 1. The number of carboxylic acid groups (broad SMARTS) is 1. The van der Waals surface area contributed by atoms with E-state index in [0.29, 0.717) is 22.5 Å². The van der Waals surface area contributed by atoms with Crippen molar-refractivity contribution in [2.45, 2.75) is 56.4 Å². The maximum absolute atomic E-state index is 14.1. The van der Waals surface area contributed by atoms with Gasteiger partial charge < -0.3 is 35.9 Å². The molecule has 4 amide bonds. The summed E-state index contributed by atoms with van der Waals surface area (Å²) in [5, 5.41) is 22.0. The first kappa shape index (κ1) is 38.1. The number of aliphatic hydroxyl groups excluding tert-OH is 1. The second-order valence-corrected chi connectivity index (χ2v) is 14.2. The molecule has 0 saturated carbocycles. The zero-order valence-corrected chi connectivity index (χ0v) is 30.1. The number of β-lactam (4-membered cyclic amide) rings is 1. The van der Waals surface area contributed by atoms with Crippen LogP contribution in [0.25, 0.3) is 11.3 Å². The third kappa shape index (κ3) is 7.56. The number of fused-ring (bicyclic) bond motifs is 1. The highest BCUT2D eigenvalue weighted by molar-refractivity contribution is 8.00. The van der Waals surface area contributed by atoms with Gasteiger partial charge in [0.2, 0.25) is 11.8 Å². The van der Waals surface area contributed by atoms with Crippen molar-refractivity contribution in [2.75, 3.05) is 23.8 Å². The van der Waals surface area contributed by atoms with E-state index in [4.69, 9.17) is 10.5 Å². The molecule has 282 valence electrons. The van der Waals surface area contributed by atoms with Crippen LogP contribution in [0.3, 0.4) is 0 Å². The van der Waals surface area contributed by atoms with Gasteiger partial charge in [-0.3, -0.25) is 33.7 Å². The van der Waals surface area contributed by atoms with E-state index < -0.39 is 70.7 Å². The second kappa shape index (κ2) is 15.8. The van der Waals surface area contributed by atoms with Gasteiger partial charge in [0.05, 0.1) is 24.4 Å². The highest BCUT2D eigenvalue weighted by Crippen LogP contribution is 2.43. The fourth-order valence-corrected chi connectivity index (χ4v) is 8.10. The monoisotopic (exact) mass is 758 g/mol. The lowest BCUT2D eigenvalue weighted by molar-refractivity contribution is -0.161. The van der Waals surface area contributed by atoms with Gasteiger partial charge in [-0.25, -0.2) is 9.69 Å². The smallest absolute Gasteiger partial charge is 0.352 e. The van der Waals surface area contributed by atoms with Crippen LogP contribution in [0.5, 0.6) is 0 Å². The molecule has 17 heteroatoms. The van der Waals surface area contributed by atoms with E-state index >= 15 is 0 Å². The molecule has 54 heavy (non-hydrogen) atoms. The Morgan fingerprint density at radius 2 is 1.72 bits per heavy atom. The van der Waals surface area contributed by atoms with Crippen LogP contribution in [0.15, 0.2) is 82.8 Å². The Morgan fingerprint density at radius 3 is 2.31 bits per heavy atom. The zero-order chi connectivity index (χ0) is 38.8. The first-order chi connectivity index (χ1) is 25.8. The standard InChI is InChI=1S/C37H38N6O10S/c1-19(44)42(33(48)28-14-26(46)15-39-28)25-11-8-21(9-12-25)27-13-10-23(32(47)40-27)16-41(34(49)29(38)22-6-4-3-5-7-22)31-35(50)43-30(37(51)52)24(17-53-20(2)45)18-54-36(31)43/h3-13,26,28-29,31,36,39,46H,14-18,38H2,1-2H3,(H,40,47)(H,51,52)/t26?,28-,29?,31?,36-/m0/s1. The molecule has 4 heterocycles. The van der Waals surface area contributed by atoms with Crippen LogP contribution in [0, 0.1) is 0 Å². The number of anilines is 1. The number of aromatic nitrogens is 1. The number of nitrogens with one attached hydrogen (secondary N) is 2. The SMILES string of the molecule is CC(=O)OCC1=C(C(=O)O)N2C(=O)C(N(Cc3ccc(-c4ccc(N(C(C)=O)C(=O)[C@@H]5CC(O)CN5)cc4)[nH]c3=O)C(=O)C(N)c3ccccc3)[C@@H]2SC1. The Kier molecular flexibility index (Phi) is 11.1. The predicted molar refractivity (Wildman–Crippen MR) is 195 cm³/mol. The molecule has 0 radical (unpaired) electrons. The van der Waals surface area contributed by atoms with Crippen molar-refractivity contribution in [1.29, 1.82) is 0 Å². The quantitative estimate of drug-likeness (QED) is 0.135. The third-order valence-electron chi connectivity index (χ3n) is 9.42. The number of hydrogen-bond acceptors (Lipinski definition) is 12. The molecule has 3 aromatic rings. The van der Waals surface area contributed by atoms with Gasteiger partial charge in [0.1, 0.15) is 29.8 Å². The maximum Gasteiger partial charge on any atom is 0.352 e. The number of thioether (sulfide) groups is 1. The summed E-state index contributed by atoms with van der Waals surface area (Å²) in [6.07, 6.45) is -0.507. The lowest BCUT2D eigenvalue weighted by Crippen LogP contribution is -2.71. The highest BCUT2D eigenvalue weighted by atomic mass is 32.2. The molecule has 3 aliphatic heterocycles. The number of imide groups is 1. The number of hydrogen-bond donors (Lipinski definition) is 5. The van der Waals surface area contributed by atoms with E-state index in [0.717, 1.165) is 9.80 Å². The summed E-state index contributed by atoms with van der Waals surface area (Å²) in [6, 6.07) is 14.9. The summed E-state index contributed by atoms with van der Waals surface area (Å²) in [7, 11) is 0. The fraction of sp³-hybridized carbons (Fsp3) is 0.324. The minimum absolute atomic E-state index is 0.111. The number of pyridine rings is 1. The number of nitrogens with two attached hydrogens (primary N) is 1. The number of carbonyl (C=O) groups is 6. The number of carboxylic acids is 1. The Bertz CT molecular complexity index is 2090. The van der Waals surface area contributed by atoms with Crippen LogP contribution >= 0.6 is 11.8 Å². The van der Waals surface area contributed by atoms with E-state index in [2.05, 4.69) is 10.3 Å². The number of esters is 1. The van der Waals surface area contributed by atoms with Gasteiger partial charge in [-0.2, -0.15) is 0 Å². The summed E-state index contributed by atoms with van der Waals surface area (Å²) in [5.74, 6) is -4.23. The Labute approximate surface area is 312 Å². The van der Waals surface area contributed by atoms with Gasteiger partial charge in [0.25, 0.3) is 17.4 Å². The van der Waals surface area contributed by atoms with E-state index in [1.54, 1.807) is 60.7 Å². The summed E-state index contributed by atoms with van der Waals surface area (Å²) >= 11 is 1.20. The molecule has 0 aliphatic carbocycles. The molecule has 3 aliphatic rings. The largest absolute Gasteiger partial charge is 0.477 e.